The number of aromatic nitrogens is 2. The molecule has 0 saturated heterocycles. The number of carbonyl (C=O) groups is 1. The molecule has 3 aromatic rings. The summed E-state index contributed by atoms with van der Waals surface area (Å²) in [6.45, 7) is 0. The molecule has 0 saturated carbocycles. The second-order valence-corrected chi connectivity index (χ2v) is 5.46. The minimum atomic E-state index is -0.548. The van der Waals surface area contributed by atoms with Crippen LogP contribution in [0.1, 0.15) is 10.4 Å². The van der Waals surface area contributed by atoms with Crippen LogP contribution in [0.4, 0.5) is 0 Å². The Kier molecular flexibility index (Phi) is 3.70. The molecular formula is C18H11N5O3. The summed E-state index contributed by atoms with van der Waals surface area (Å²) in [4.78, 5) is 48.1. The molecule has 1 aliphatic rings. The SMILES string of the molecule is O=C(N=C1N=c2ccccc2=N1)c1cccc(-n2[nH]c(=O)ccc2=O)c1. The van der Waals surface area contributed by atoms with E-state index in [2.05, 4.69) is 20.1 Å². The zero-order valence-electron chi connectivity index (χ0n) is 13.3. The van der Waals surface area contributed by atoms with Crippen LogP contribution in [0, 0.1) is 0 Å². The van der Waals surface area contributed by atoms with Gasteiger partial charge >= 0.3 is 0 Å². The van der Waals surface area contributed by atoms with Crippen LogP contribution in [0.5, 0.6) is 0 Å². The zero-order chi connectivity index (χ0) is 18.1. The molecule has 1 N–H and O–H groups in total. The number of nitrogens with zero attached hydrogens (tertiary/aromatic N) is 4. The van der Waals surface area contributed by atoms with E-state index in [4.69, 9.17) is 0 Å². The van der Waals surface area contributed by atoms with Crippen LogP contribution in [-0.4, -0.2) is 21.6 Å². The molecule has 1 amide bonds. The molecule has 0 atom stereocenters. The fourth-order valence-electron chi connectivity index (χ4n) is 2.49. The molecule has 0 unspecified atom stereocenters. The summed E-state index contributed by atoms with van der Waals surface area (Å²) in [7, 11) is 0. The topological polar surface area (TPSA) is 109 Å². The predicted molar refractivity (Wildman–Crippen MR) is 93.2 cm³/mol. The van der Waals surface area contributed by atoms with Gasteiger partial charge in [-0.15, -0.1) is 0 Å². The fourth-order valence-corrected chi connectivity index (χ4v) is 2.49. The molecule has 0 radical (unpaired) electrons. The number of aromatic amines is 1. The number of amides is 1. The van der Waals surface area contributed by atoms with Gasteiger partial charge in [-0.25, -0.2) is 14.7 Å². The molecule has 0 spiro atoms. The molecule has 8 heteroatoms. The van der Waals surface area contributed by atoms with Gasteiger partial charge in [0.1, 0.15) is 0 Å². The van der Waals surface area contributed by atoms with Gasteiger partial charge in [0.2, 0.25) is 0 Å². The van der Waals surface area contributed by atoms with Crippen LogP contribution in [0.15, 0.2) is 85.2 Å². The number of nitrogens with one attached hydrogen (secondary N) is 1. The van der Waals surface area contributed by atoms with Crippen molar-refractivity contribution in [3.05, 3.63) is 97.6 Å². The van der Waals surface area contributed by atoms with Gasteiger partial charge in [-0.1, -0.05) is 18.2 Å². The highest BCUT2D eigenvalue weighted by Crippen LogP contribution is 2.09. The highest BCUT2D eigenvalue weighted by Gasteiger charge is 2.10. The Labute approximate surface area is 145 Å². The van der Waals surface area contributed by atoms with Gasteiger partial charge in [0.05, 0.1) is 16.4 Å². The molecule has 0 aliphatic carbocycles. The molecule has 2 aromatic carbocycles. The molecular weight excluding hydrogens is 334 g/mol. The number of hydrogen-bond acceptors (Lipinski definition) is 3. The number of fused-ring (bicyclic) bond motifs is 1. The van der Waals surface area contributed by atoms with E-state index in [0.717, 1.165) is 16.8 Å². The highest BCUT2D eigenvalue weighted by molar-refractivity contribution is 6.03. The summed E-state index contributed by atoms with van der Waals surface area (Å²) in [5.41, 5.74) is -0.255. The monoisotopic (exact) mass is 345 g/mol. The smallest absolute Gasteiger partial charge is 0.268 e. The molecule has 0 bridgehead atoms. The number of guanidine groups is 1. The van der Waals surface area contributed by atoms with E-state index in [1.54, 1.807) is 30.3 Å². The quantitative estimate of drug-likeness (QED) is 0.704. The lowest BCUT2D eigenvalue weighted by atomic mass is 10.2. The molecule has 26 heavy (non-hydrogen) atoms. The van der Waals surface area contributed by atoms with Crippen LogP contribution in [0.25, 0.3) is 5.69 Å². The first-order chi connectivity index (χ1) is 12.6. The minimum absolute atomic E-state index is 0.0758. The average Bonchev–Trinajstić information content (AvgIpc) is 3.06. The lowest BCUT2D eigenvalue weighted by molar-refractivity contribution is 0.100. The van der Waals surface area contributed by atoms with Crippen LogP contribution in [0.3, 0.4) is 0 Å². The third-order valence-electron chi connectivity index (χ3n) is 3.70. The van der Waals surface area contributed by atoms with Gasteiger partial charge < -0.3 is 0 Å². The van der Waals surface area contributed by atoms with Gasteiger partial charge in [-0.2, -0.15) is 4.99 Å². The van der Waals surface area contributed by atoms with Crippen molar-refractivity contribution < 1.29 is 4.79 Å². The lowest BCUT2D eigenvalue weighted by Gasteiger charge is -2.05. The first-order valence-electron chi connectivity index (χ1n) is 7.68. The summed E-state index contributed by atoms with van der Waals surface area (Å²) in [5.74, 6) is -0.472. The first-order valence-corrected chi connectivity index (χ1v) is 7.68. The molecule has 1 aliphatic heterocycles. The Morgan fingerprint density at radius 2 is 1.65 bits per heavy atom. The Bertz CT molecular complexity index is 1260. The number of hydrogen-bond donors (Lipinski definition) is 1. The maximum Gasteiger partial charge on any atom is 0.280 e. The summed E-state index contributed by atoms with van der Waals surface area (Å²) in [6.07, 6.45) is 0. The largest absolute Gasteiger partial charge is 0.280 e. The molecule has 4 rings (SSSR count). The van der Waals surface area contributed by atoms with Crippen LogP contribution in [-0.2, 0) is 0 Å². The maximum atomic E-state index is 12.4. The standard InChI is InChI=1S/C18H11N5O3/c24-15-8-9-16(25)23(22-15)12-5-3-4-11(10-12)17(26)21-18-19-13-6-1-2-7-14(13)20-18/h1-10H,(H,22,24). The lowest BCUT2D eigenvalue weighted by Crippen LogP contribution is -2.26. The van der Waals surface area contributed by atoms with E-state index < -0.39 is 17.0 Å². The van der Waals surface area contributed by atoms with E-state index >= 15 is 0 Å². The summed E-state index contributed by atoms with van der Waals surface area (Å²) in [6, 6.07) is 15.7. The first kappa shape index (κ1) is 15.6. The van der Waals surface area contributed by atoms with Gasteiger partial charge in [0, 0.05) is 17.7 Å². The number of carbonyl (C=O) groups excluding carboxylic acids is 1. The maximum absolute atomic E-state index is 12.4. The third-order valence-corrected chi connectivity index (χ3v) is 3.70. The van der Waals surface area contributed by atoms with E-state index in [9.17, 15) is 14.4 Å². The summed E-state index contributed by atoms with van der Waals surface area (Å²) >= 11 is 0. The van der Waals surface area contributed by atoms with Crippen molar-refractivity contribution >= 4 is 11.9 Å². The molecule has 126 valence electrons. The Hall–Kier alpha value is -3.94. The highest BCUT2D eigenvalue weighted by atomic mass is 16.2. The van der Waals surface area contributed by atoms with Gasteiger partial charge in [0.25, 0.3) is 23.0 Å². The van der Waals surface area contributed by atoms with Crippen molar-refractivity contribution in [2.75, 3.05) is 0 Å². The number of para-hydroxylation sites is 2. The summed E-state index contributed by atoms with van der Waals surface area (Å²) < 4.78 is 1.06. The Morgan fingerprint density at radius 1 is 0.923 bits per heavy atom. The van der Waals surface area contributed by atoms with Crippen molar-refractivity contribution in [3.8, 4) is 5.69 Å². The van der Waals surface area contributed by atoms with E-state index in [1.807, 2.05) is 12.1 Å². The Morgan fingerprint density at radius 3 is 2.38 bits per heavy atom. The van der Waals surface area contributed by atoms with E-state index in [0.29, 0.717) is 16.4 Å². The second kappa shape index (κ2) is 6.17. The Balaban J connectivity index is 1.71. The number of aliphatic imine (C=N–C) groups is 1. The van der Waals surface area contributed by atoms with Crippen LogP contribution in [0.2, 0.25) is 0 Å². The van der Waals surface area contributed by atoms with E-state index in [1.165, 1.54) is 6.07 Å². The number of H-pyrrole nitrogens is 1. The van der Waals surface area contributed by atoms with Crippen molar-refractivity contribution in [1.29, 1.82) is 0 Å². The minimum Gasteiger partial charge on any atom is -0.268 e. The second-order valence-electron chi connectivity index (χ2n) is 5.46. The van der Waals surface area contributed by atoms with Crippen LogP contribution < -0.4 is 21.8 Å². The predicted octanol–water partition coefficient (Wildman–Crippen LogP) is -0.0250. The molecule has 1 aromatic heterocycles. The molecule has 8 nitrogen and oxygen atoms in total. The molecule has 0 fully saturated rings. The average molecular weight is 345 g/mol. The number of rotatable bonds is 2. The zero-order valence-corrected chi connectivity index (χ0v) is 13.3. The van der Waals surface area contributed by atoms with Crippen LogP contribution >= 0.6 is 0 Å². The normalized spacial score (nSPS) is 12.1. The van der Waals surface area contributed by atoms with Crippen molar-refractivity contribution in [1.82, 2.24) is 9.78 Å². The van der Waals surface area contributed by atoms with Gasteiger partial charge in [0.15, 0.2) is 0 Å². The fraction of sp³-hybridized carbons (Fsp3) is 0. The van der Waals surface area contributed by atoms with Crippen molar-refractivity contribution in [2.24, 2.45) is 15.0 Å². The van der Waals surface area contributed by atoms with Gasteiger partial charge in [-0.3, -0.25) is 19.5 Å². The number of benzene rings is 2. The van der Waals surface area contributed by atoms with Crippen molar-refractivity contribution in [3.63, 3.8) is 0 Å². The summed E-state index contributed by atoms with van der Waals surface area (Å²) in [5, 5.41) is 3.72. The van der Waals surface area contributed by atoms with E-state index in [-0.39, 0.29) is 11.5 Å². The third kappa shape index (κ3) is 2.91. The molecule has 2 heterocycles. The van der Waals surface area contributed by atoms with Crippen molar-refractivity contribution in [2.45, 2.75) is 0 Å². The van der Waals surface area contributed by atoms with Gasteiger partial charge in [-0.05, 0) is 30.3 Å².